The number of para-hydroxylation sites is 1. The monoisotopic (exact) mass is 409 g/mol. The molecule has 1 atom stereocenters. The number of morpholine rings is 1. The fourth-order valence-corrected chi connectivity index (χ4v) is 5.69. The molecule has 0 aromatic heterocycles. The Hall–Kier alpha value is -2.35. The van der Waals surface area contributed by atoms with E-state index >= 15 is 0 Å². The molecule has 5 rings (SSSR count). The lowest BCUT2D eigenvalue weighted by atomic mass is 10.0. The fraction of sp³-hybridized carbons (Fsp3) is 0.364. The molecule has 2 saturated heterocycles. The van der Waals surface area contributed by atoms with Gasteiger partial charge in [-0.25, -0.2) is 0 Å². The summed E-state index contributed by atoms with van der Waals surface area (Å²) < 4.78 is 5.45. The number of carbonyl (C=O) groups excluding carboxylic acids is 2. The van der Waals surface area contributed by atoms with Crippen LogP contribution in [0, 0.1) is 6.92 Å². The smallest absolute Gasteiger partial charge is 0.269 e. The van der Waals surface area contributed by atoms with E-state index in [0.29, 0.717) is 25.6 Å². The van der Waals surface area contributed by atoms with Gasteiger partial charge in [-0.2, -0.15) is 0 Å². The highest BCUT2D eigenvalue weighted by Crippen LogP contribution is 2.55. The molecule has 0 N–H and O–H groups in total. The molecule has 3 heterocycles. The molecule has 2 aromatic rings. The topological polar surface area (TPSA) is 53.1 Å². The zero-order valence-corrected chi connectivity index (χ0v) is 17.2. The summed E-state index contributed by atoms with van der Waals surface area (Å²) in [4.78, 5) is 31.6. The van der Waals surface area contributed by atoms with Crippen LogP contribution in [0.1, 0.15) is 11.1 Å². The average molecular weight is 410 g/mol. The van der Waals surface area contributed by atoms with Crippen molar-refractivity contribution in [3.8, 4) is 0 Å². The van der Waals surface area contributed by atoms with Crippen LogP contribution in [-0.4, -0.2) is 55.4 Å². The summed E-state index contributed by atoms with van der Waals surface area (Å²) >= 11 is 1.43. The number of anilines is 2. The summed E-state index contributed by atoms with van der Waals surface area (Å²) in [6, 6.07) is 15.7. The first-order chi connectivity index (χ1) is 14.1. The van der Waals surface area contributed by atoms with Crippen LogP contribution in [0.25, 0.3) is 0 Å². The van der Waals surface area contributed by atoms with Crippen molar-refractivity contribution in [3.05, 3.63) is 59.7 Å². The third-order valence-electron chi connectivity index (χ3n) is 5.80. The highest BCUT2D eigenvalue weighted by molar-refractivity contribution is 8.02. The first-order valence-corrected chi connectivity index (χ1v) is 10.8. The molecule has 2 fully saturated rings. The molecule has 3 aliphatic rings. The van der Waals surface area contributed by atoms with Gasteiger partial charge in [-0.1, -0.05) is 35.9 Å². The number of fused-ring (bicyclic) bond motifs is 2. The van der Waals surface area contributed by atoms with Gasteiger partial charge in [0.15, 0.2) is 0 Å². The van der Waals surface area contributed by atoms with E-state index in [9.17, 15) is 9.59 Å². The first kappa shape index (κ1) is 18.7. The molecule has 3 aliphatic heterocycles. The molecular weight excluding hydrogens is 386 g/mol. The summed E-state index contributed by atoms with van der Waals surface area (Å²) in [5.41, 5.74) is 3.68. The Bertz CT molecular complexity index is 958. The van der Waals surface area contributed by atoms with Crippen molar-refractivity contribution in [2.24, 2.45) is 0 Å². The normalized spacial score (nSPS) is 24.6. The number of nitrogens with zero attached hydrogens (tertiary/aromatic N) is 3. The highest BCUT2D eigenvalue weighted by atomic mass is 32.2. The Morgan fingerprint density at radius 2 is 1.76 bits per heavy atom. The number of thioether (sulfide) groups is 1. The largest absolute Gasteiger partial charge is 0.379 e. The van der Waals surface area contributed by atoms with E-state index in [1.165, 1.54) is 11.8 Å². The summed E-state index contributed by atoms with van der Waals surface area (Å²) in [6.45, 7) is 5.48. The molecule has 0 aliphatic carbocycles. The van der Waals surface area contributed by atoms with Gasteiger partial charge in [-0.3, -0.25) is 24.3 Å². The number of amides is 2. The molecule has 0 saturated carbocycles. The second-order valence-corrected chi connectivity index (χ2v) is 8.79. The van der Waals surface area contributed by atoms with Crippen LogP contribution in [0.5, 0.6) is 0 Å². The van der Waals surface area contributed by atoms with Crippen LogP contribution in [0.4, 0.5) is 11.4 Å². The Morgan fingerprint density at radius 3 is 2.52 bits per heavy atom. The molecule has 2 aromatic carbocycles. The van der Waals surface area contributed by atoms with Gasteiger partial charge in [-0.05, 0) is 25.1 Å². The quantitative estimate of drug-likeness (QED) is 0.780. The zero-order chi connectivity index (χ0) is 20.0. The van der Waals surface area contributed by atoms with Gasteiger partial charge in [0.25, 0.3) is 5.91 Å². The highest BCUT2D eigenvalue weighted by Gasteiger charge is 2.61. The van der Waals surface area contributed by atoms with E-state index in [2.05, 4.69) is 4.90 Å². The van der Waals surface area contributed by atoms with Crippen LogP contribution >= 0.6 is 11.8 Å². The minimum atomic E-state index is -1.03. The minimum absolute atomic E-state index is 0.0322. The lowest BCUT2D eigenvalue weighted by Crippen LogP contribution is -2.52. The standard InChI is InChI=1S/C22H23N3O3S/c1-16-6-8-17(9-7-16)25-20(26)14-29-22(25)18-4-2-3-5-19(18)24(21(22)27)15-23-10-12-28-13-11-23/h2-9H,10-15H2,1H3. The van der Waals surface area contributed by atoms with Crippen LogP contribution in [0.3, 0.4) is 0 Å². The molecule has 6 nitrogen and oxygen atoms in total. The summed E-state index contributed by atoms with van der Waals surface area (Å²) in [5, 5.41) is 0. The van der Waals surface area contributed by atoms with Crippen LogP contribution < -0.4 is 9.80 Å². The summed E-state index contributed by atoms with van der Waals surface area (Å²) in [5.74, 6) is 0.219. The van der Waals surface area contributed by atoms with Gasteiger partial charge in [0.2, 0.25) is 10.8 Å². The van der Waals surface area contributed by atoms with E-state index in [4.69, 9.17) is 4.74 Å². The van der Waals surface area contributed by atoms with Crippen LogP contribution in [0.2, 0.25) is 0 Å². The molecular formula is C22H23N3O3S. The van der Waals surface area contributed by atoms with E-state index in [0.717, 1.165) is 35.6 Å². The van der Waals surface area contributed by atoms with Crippen molar-refractivity contribution in [3.63, 3.8) is 0 Å². The number of rotatable bonds is 3. The maximum absolute atomic E-state index is 13.9. The second kappa shape index (κ2) is 7.16. The van der Waals surface area contributed by atoms with Crippen molar-refractivity contribution in [2.45, 2.75) is 11.8 Å². The lowest BCUT2D eigenvalue weighted by molar-refractivity contribution is -0.124. The summed E-state index contributed by atoms with van der Waals surface area (Å²) in [6.07, 6.45) is 0. The lowest BCUT2D eigenvalue weighted by Gasteiger charge is -2.35. The predicted octanol–water partition coefficient (Wildman–Crippen LogP) is 2.56. The van der Waals surface area contributed by atoms with Gasteiger partial charge >= 0.3 is 0 Å². The minimum Gasteiger partial charge on any atom is -0.379 e. The number of carbonyl (C=O) groups is 2. The van der Waals surface area contributed by atoms with Crippen molar-refractivity contribution >= 4 is 35.0 Å². The van der Waals surface area contributed by atoms with Gasteiger partial charge < -0.3 is 4.74 Å². The van der Waals surface area contributed by atoms with Gasteiger partial charge in [0.1, 0.15) is 0 Å². The third-order valence-corrected chi connectivity index (χ3v) is 7.19. The van der Waals surface area contributed by atoms with Crippen LogP contribution in [0.15, 0.2) is 48.5 Å². The Labute approximate surface area is 174 Å². The van der Waals surface area contributed by atoms with Gasteiger partial charge in [0.05, 0.1) is 31.3 Å². The first-order valence-electron chi connectivity index (χ1n) is 9.86. The zero-order valence-electron chi connectivity index (χ0n) is 16.3. The molecule has 1 unspecified atom stereocenters. The molecule has 0 radical (unpaired) electrons. The number of hydrogen-bond donors (Lipinski definition) is 0. The van der Waals surface area contributed by atoms with E-state index in [-0.39, 0.29) is 11.8 Å². The van der Waals surface area contributed by atoms with E-state index < -0.39 is 4.87 Å². The molecule has 0 bridgehead atoms. The average Bonchev–Trinajstić information content (AvgIpc) is 3.21. The van der Waals surface area contributed by atoms with Crippen molar-refractivity contribution < 1.29 is 14.3 Å². The Morgan fingerprint density at radius 1 is 1.03 bits per heavy atom. The predicted molar refractivity (Wildman–Crippen MR) is 114 cm³/mol. The van der Waals surface area contributed by atoms with E-state index in [1.807, 2.05) is 60.4 Å². The van der Waals surface area contributed by atoms with Gasteiger partial charge in [0, 0.05) is 24.3 Å². The van der Waals surface area contributed by atoms with Crippen molar-refractivity contribution in [2.75, 3.05) is 48.5 Å². The van der Waals surface area contributed by atoms with Gasteiger partial charge in [-0.15, -0.1) is 11.8 Å². The molecule has 1 spiro atoms. The molecule has 150 valence electrons. The summed E-state index contributed by atoms with van der Waals surface area (Å²) in [7, 11) is 0. The second-order valence-electron chi connectivity index (χ2n) is 7.62. The number of aryl methyl sites for hydroxylation is 1. The Balaban J connectivity index is 1.59. The Kier molecular flexibility index (Phi) is 4.61. The molecule has 29 heavy (non-hydrogen) atoms. The SMILES string of the molecule is Cc1ccc(N2C(=O)CSC23C(=O)N(CN2CCOCC2)c2ccccc23)cc1. The van der Waals surface area contributed by atoms with Crippen LogP contribution in [-0.2, 0) is 19.2 Å². The maximum atomic E-state index is 13.9. The number of benzene rings is 2. The van der Waals surface area contributed by atoms with Crippen molar-refractivity contribution in [1.29, 1.82) is 0 Å². The third kappa shape index (κ3) is 2.87. The maximum Gasteiger partial charge on any atom is 0.269 e. The molecule has 2 amide bonds. The van der Waals surface area contributed by atoms with Crippen molar-refractivity contribution in [1.82, 2.24) is 4.90 Å². The van der Waals surface area contributed by atoms with E-state index in [1.54, 1.807) is 4.90 Å². The fourth-order valence-electron chi connectivity index (χ4n) is 4.33. The number of ether oxygens (including phenoxy) is 1. The number of hydrogen-bond acceptors (Lipinski definition) is 5. The molecule has 7 heteroatoms.